The molecule has 2 aromatic carbocycles. The number of nitrogens with one attached hydrogen (secondary N) is 1. The Hall–Kier alpha value is -2.33. The normalized spacial score (nSPS) is 10.3. The maximum Gasteiger partial charge on any atom is 0.176 e. The fourth-order valence-corrected chi connectivity index (χ4v) is 2.13. The van der Waals surface area contributed by atoms with E-state index in [0.29, 0.717) is 17.9 Å². The summed E-state index contributed by atoms with van der Waals surface area (Å²) in [6.07, 6.45) is 0.870. The lowest BCUT2D eigenvalue weighted by Gasteiger charge is -2.06. The van der Waals surface area contributed by atoms with E-state index >= 15 is 0 Å². The van der Waals surface area contributed by atoms with Gasteiger partial charge >= 0.3 is 0 Å². The SMILES string of the molecule is COc1ccc(CCNCC(=O)c2cccc(OC)c2)cc1. The van der Waals surface area contributed by atoms with Gasteiger partial charge in [0.05, 0.1) is 20.8 Å². The van der Waals surface area contributed by atoms with Gasteiger partial charge in [0, 0.05) is 5.56 Å². The lowest BCUT2D eigenvalue weighted by molar-refractivity contribution is 0.0991. The summed E-state index contributed by atoms with van der Waals surface area (Å²) in [7, 11) is 3.25. The zero-order valence-electron chi connectivity index (χ0n) is 13.0. The van der Waals surface area contributed by atoms with Crippen LogP contribution in [0.15, 0.2) is 48.5 Å². The molecule has 2 rings (SSSR count). The molecular weight excluding hydrogens is 278 g/mol. The number of hydrogen-bond donors (Lipinski definition) is 1. The Labute approximate surface area is 131 Å². The topological polar surface area (TPSA) is 47.6 Å². The number of carbonyl (C=O) groups excluding carboxylic acids is 1. The minimum Gasteiger partial charge on any atom is -0.497 e. The maximum absolute atomic E-state index is 12.1. The fraction of sp³-hybridized carbons (Fsp3) is 0.278. The first kappa shape index (κ1) is 16.0. The van der Waals surface area contributed by atoms with Gasteiger partial charge in [-0.1, -0.05) is 24.3 Å². The second kappa shape index (κ2) is 8.20. The van der Waals surface area contributed by atoms with E-state index in [1.54, 1.807) is 26.4 Å². The predicted octanol–water partition coefficient (Wildman–Crippen LogP) is 2.72. The van der Waals surface area contributed by atoms with Gasteiger partial charge in [-0.2, -0.15) is 0 Å². The Morgan fingerprint density at radius 1 is 1.00 bits per heavy atom. The fourth-order valence-electron chi connectivity index (χ4n) is 2.13. The smallest absolute Gasteiger partial charge is 0.176 e. The van der Waals surface area contributed by atoms with Crippen LogP contribution in [0.2, 0.25) is 0 Å². The zero-order valence-corrected chi connectivity index (χ0v) is 13.0. The van der Waals surface area contributed by atoms with Gasteiger partial charge in [0.1, 0.15) is 11.5 Å². The quantitative estimate of drug-likeness (QED) is 0.601. The van der Waals surface area contributed by atoms with Crippen LogP contribution < -0.4 is 14.8 Å². The van der Waals surface area contributed by atoms with Gasteiger partial charge in [-0.05, 0) is 42.8 Å². The molecule has 22 heavy (non-hydrogen) atoms. The number of benzene rings is 2. The standard InChI is InChI=1S/C18H21NO3/c1-21-16-8-6-14(7-9-16)10-11-19-13-18(20)15-4-3-5-17(12-15)22-2/h3-9,12,19H,10-11,13H2,1-2H3. The van der Waals surface area contributed by atoms with Crippen LogP contribution in [0.1, 0.15) is 15.9 Å². The molecule has 0 unspecified atom stereocenters. The molecule has 0 saturated carbocycles. The summed E-state index contributed by atoms with van der Waals surface area (Å²) in [6, 6.07) is 15.2. The van der Waals surface area contributed by atoms with Gasteiger partial charge < -0.3 is 14.8 Å². The maximum atomic E-state index is 12.1. The van der Waals surface area contributed by atoms with Crippen LogP contribution in [-0.2, 0) is 6.42 Å². The van der Waals surface area contributed by atoms with E-state index in [9.17, 15) is 4.79 Å². The van der Waals surface area contributed by atoms with Gasteiger partial charge in [0.25, 0.3) is 0 Å². The predicted molar refractivity (Wildman–Crippen MR) is 86.9 cm³/mol. The van der Waals surface area contributed by atoms with Crippen LogP contribution in [0.5, 0.6) is 11.5 Å². The molecule has 2 aromatic rings. The number of methoxy groups -OCH3 is 2. The molecule has 0 saturated heterocycles. The molecule has 0 heterocycles. The molecule has 4 nitrogen and oxygen atoms in total. The first-order valence-electron chi connectivity index (χ1n) is 7.24. The first-order chi connectivity index (χ1) is 10.7. The van der Waals surface area contributed by atoms with E-state index in [2.05, 4.69) is 5.32 Å². The Morgan fingerprint density at radius 3 is 2.41 bits per heavy atom. The highest BCUT2D eigenvalue weighted by Crippen LogP contribution is 2.13. The molecule has 0 spiro atoms. The van der Waals surface area contributed by atoms with Crippen LogP contribution in [0.3, 0.4) is 0 Å². The summed E-state index contributed by atoms with van der Waals surface area (Å²) >= 11 is 0. The molecule has 116 valence electrons. The van der Waals surface area contributed by atoms with Crippen molar-refractivity contribution in [2.24, 2.45) is 0 Å². The summed E-state index contributed by atoms with van der Waals surface area (Å²) in [4.78, 5) is 12.1. The lowest BCUT2D eigenvalue weighted by atomic mass is 10.1. The van der Waals surface area contributed by atoms with Crippen LogP contribution in [-0.4, -0.2) is 33.1 Å². The van der Waals surface area contributed by atoms with Crippen molar-refractivity contribution in [2.45, 2.75) is 6.42 Å². The molecule has 4 heteroatoms. The number of ketones is 1. The third-order valence-corrected chi connectivity index (χ3v) is 3.43. The number of rotatable bonds is 8. The van der Waals surface area contributed by atoms with Crippen molar-refractivity contribution in [3.8, 4) is 11.5 Å². The molecule has 0 bridgehead atoms. The van der Waals surface area contributed by atoms with Crippen molar-refractivity contribution in [3.63, 3.8) is 0 Å². The van der Waals surface area contributed by atoms with Crippen LogP contribution in [0.25, 0.3) is 0 Å². The van der Waals surface area contributed by atoms with E-state index in [4.69, 9.17) is 9.47 Å². The van der Waals surface area contributed by atoms with E-state index < -0.39 is 0 Å². The summed E-state index contributed by atoms with van der Waals surface area (Å²) in [5.74, 6) is 1.61. The molecule has 0 fully saturated rings. The molecule has 1 N–H and O–H groups in total. The second-order valence-electron chi connectivity index (χ2n) is 4.93. The summed E-state index contributed by atoms with van der Waals surface area (Å²) in [6.45, 7) is 1.07. The largest absolute Gasteiger partial charge is 0.497 e. The van der Waals surface area contributed by atoms with E-state index in [1.807, 2.05) is 36.4 Å². The van der Waals surface area contributed by atoms with Crippen molar-refractivity contribution < 1.29 is 14.3 Å². The lowest BCUT2D eigenvalue weighted by Crippen LogP contribution is -2.25. The summed E-state index contributed by atoms with van der Waals surface area (Å²) in [5, 5.41) is 3.18. The minimum atomic E-state index is 0.0635. The molecule has 0 aliphatic carbocycles. The van der Waals surface area contributed by atoms with Crippen LogP contribution >= 0.6 is 0 Å². The van der Waals surface area contributed by atoms with Crippen LogP contribution in [0, 0.1) is 0 Å². The Balaban J connectivity index is 1.76. The third kappa shape index (κ3) is 4.60. The Morgan fingerprint density at radius 2 is 1.73 bits per heavy atom. The van der Waals surface area contributed by atoms with E-state index in [0.717, 1.165) is 18.7 Å². The van der Waals surface area contributed by atoms with Crippen molar-refractivity contribution in [1.82, 2.24) is 5.32 Å². The Kier molecular flexibility index (Phi) is 5.98. The highest BCUT2D eigenvalue weighted by molar-refractivity contribution is 5.97. The number of Topliss-reactive ketones (excluding diaryl/α,β-unsaturated/α-hetero) is 1. The second-order valence-corrected chi connectivity index (χ2v) is 4.93. The molecule has 0 radical (unpaired) electrons. The van der Waals surface area contributed by atoms with E-state index in [1.165, 1.54) is 5.56 Å². The molecule has 0 atom stereocenters. The van der Waals surface area contributed by atoms with Gasteiger partial charge in [-0.15, -0.1) is 0 Å². The monoisotopic (exact) mass is 299 g/mol. The van der Waals surface area contributed by atoms with Gasteiger partial charge in [0.2, 0.25) is 0 Å². The highest BCUT2D eigenvalue weighted by Gasteiger charge is 2.06. The molecular formula is C18H21NO3. The summed E-state index contributed by atoms with van der Waals surface area (Å²) in [5.41, 5.74) is 1.87. The van der Waals surface area contributed by atoms with Gasteiger partial charge in [0.15, 0.2) is 5.78 Å². The van der Waals surface area contributed by atoms with Crippen LogP contribution in [0.4, 0.5) is 0 Å². The van der Waals surface area contributed by atoms with Crippen molar-refractivity contribution >= 4 is 5.78 Å². The average molecular weight is 299 g/mol. The molecule has 0 aliphatic heterocycles. The molecule has 0 aliphatic rings. The number of carbonyl (C=O) groups is 1. The van der Waals surface area contributed by atoms with Crippen molar-refractivity contribution in [1.29, 1.82) is 0 Å². The molecule has 0 amide bonds. The number of ether oxygens (including phenoxy) is 2. The van der Waals surface area contributed by atoms with Crippen molar-refractivity contribution in [3.05, 3.63) is 59.7 Å². The third-order valence-electron chi connectivity index (χ3n) is 3.43. The number of hydrogen-bond acceptors (Lipinski definition) is 4. The van der Waals surface area contributed by atoms with E-state index in [-0.39, 0.29) is 5.78 Å². The zero-order chi connectivity index (χ0) is 15.8. The summed E-state index contributed by atoms with van der Waals surface area (Å²) < 4.78 is 10.2. The Bertz CT molecular complexity index is 608. The average Bonchev–Trinajstić information content (AvgIpc) is 2.59. The van der Waals surface area contributed by atoms with Gasteiger partial charge in [-0.3, -0.25) is 4.79 Å². The van der Waals surface area contributed by atoms with Crippen molar-refractivity contribution in [2.75, 3.05) is 27.3 Å². The minimum absolute atomic E-state index is 0.0635. The highest BCUT2D eigenvalue weighted by atomic mass is 16.5. The van der Waals surface area contributed by atoms with Gasteiger partial charge in [-0.25, -0.2) is 0 Å². The first-order valence-corrected chi connectivity index (χ1v) is 7.24. The molecule has 0 aromatic heterocycles.